The van der Waals surface area contributed by atoms with Gasteiger partial charge < -0.3 is 28.4 Å². The first kappa shape index (κ1) is 44.9. The van der Waals surface area contributed by atoms with Crippen molar-refractivity contribution >= 4 is 11.9 Å². The summed E-state index contributed by atoms with van der Waals surface area (Å²) < 4.78 is 36.2. The van der Waals surface area contributed by atoms with Crippen LogP contribution in [0.3, 0.4) is 0 Å². The average molecular weight is 840 g/mol. The summed E-state index contributed by atoms with van der Waals surface area (Å²) in [6, 6.07) is 36.1. The van der Waals surface area contributed by atoms with E-state index in [1.165, 1.54) is 22.3 Å². The molecule has 1 aromatic heterocycles. The van der Waals surface area contributed by atoms with Gasteiger partial charge in [0.2, 0.25) is 0 Å². The summed E-state index contributed by atoms with van der Waals surface area (Å²) in [5.74, 6) is -1.34. The lowest BCUT2D eigenvalue weighted by Crippen LogP contribution is -2.15. The summed E-state index contributed by atoms with van der Waals surface area (Å²) in [6.07, 6.45) is 3.02. The van der Waals surface area contributed by atoms with E-state index in [4.69, 9.17) is 28.4 Å². The minimum atomic E-state index is -0.620. The smallest absolute Gasteiger partial charge is 0.357 e. The standard InChI is InChI=1S/C53H61NO8/c1-5-57-22-18-46-38-12-9-13-39(30-38)47(19-23-58-6-2)44-28-37-29-45(33-44)49(21-25-60-8-4)41-15-10-14-40(31-41)48(20-24-59-7-3)43-27-36(26-42(46)32-43)34-61-52(55)50-16-11-17-51(54-50)53(56)62-35-37/h9-17,26-33,46-49H,5-8,18-25,34-35H2,1-4H3. The second-order valence-electron chi connectivity index (χ2n) is 16.1. The lowest BCUT2D eigenvalue weighted by Gasteiger charge is -2.28. The summed E-state index contributed by atoms with van der Waals surface area (Å²) >= 11 is 0. The molecule has 0 saturated carbocycles. The molecule has 0 amide bonds. The van der Waals surface area contributed by atoms with Crippen molar-refractivity contribution in [1.82, 2.24) is 4.98 Å². The third kappa shape index (κ3) is 11.2. The Morgan fingerprint density at radius 3 is 1.03 bits per heavy atom. The van der Waals surface area contributed by atoms with Gasteiger partial charge in [-0.2, -0.15) is 0 Å². The van der Waals surface area contributed by atoms with Gasteiger partial charge in [0.25, 0.3) is 0 Å². The Hall–Kier alpha value is -5.19. The van der Waals surface area contributed by atoms with Crippen LogP contribution in [0.2, 0.25) is 0 Å². The predicted molar refractivity (Wildman–Crippen MR) is 240 cm³/mol. The van der Waals surface area contributed by atoms with E-state index in [1.54, 1.807) is 18.2 Å². The summed E-state index contributed by atoms with van der Waals surface area (Å²) in [4.78, 5) is 31.7. The van der Waals surface area contributed by atoms with Crippen LogP contribution in [0.5, 0.6) is 0 Å². The number of carbonyl (C=O) groups is 2. The number of fused-ring (bicyclic) bond motifs is 4. The second-order valence-corrected chi connectivity index (χ2v) is 16.1. The van der Waals surface area contributed by atoms with Crippen LogP contribution >= 0.6 is 0 Å². The zero-order valence-corrected chi connectivity index (χ0v) is 36.7. The van der Waals surface area contributed by atoms with Crippen molar-refractivity contribution in [2.45, 2.75) is 90.3 Å². The van der Waals surface area contributed by atoms with E-state index < -0.39 is 11.9 Å². The Bertz CT molecular complexity index is 2010. The van der Waals surface area contributed by atoms with Gasteiger partial charge in [0.05, 0.1) is 0 Å². The van der Waals surface area contributed by atoms with Gasteiger partial charge in [0.1, 0.15) is 24.6 Å². The van der Waals surface area contributed by atoms with Gasteiger partial charge in [-0.1, -0.05) is 91.0 Å². The number of rotatable bonds is 16. The number of hydrogen-bond donors (Lipinski definition) is 0. The number of pyridine rings is 1. The monoisotopic (exact) mass is 839 g/mol. The van der Waals surface area contributed by atoms with Crippen molar-refractivity contribution < 1.29 is 38.0 Å². The van der Waals surface area contributed by atoms with Crippen molar-refractivity contribution in [2.75, 3.05) is 52.9 Å². The molecule has 12 bridgehead atoms. The molecule has 4 atom stereocenters. The van der Waals surface area contributed by atoms with Crippen molar-refractivity contribution in [1.29, 1.82) is 0 Å². The lowest BCUT2D eigenvalue weighted by molar-refractivity contribution is 0.0456. The number of nitrogens with zero attached hydrogens (tertiary/aromatic N) is 1. The second kappa shape index (κ2) is 22.2. The van der Waals surface area contributed by atoms with Crippen molar-refractivity contribution in [2.24, 2.45) is 0 Å². The minimum absolute atomic E-state index is 0.0158. The fraction of sp³-hybridized carbons (Fsp3) is 0.415. The molecule has 3 heterocycles. The van der Waals surface area contributed by atoms with E-state index >= 15 is 0 Å². The van der Waals surface area contributed by atoms with Crippen molar-refractivity contribution in [3.63, 3.8) is 0 Å². The Labute approximate surface area is 367 Å². The highest BCUT2D eigenvalue weighted by Gasteiger charge is 2.27. The van der Waals surface area contributed by atoms with Crippen LogP contribution in [0.25, 0.3) is 0 Å². The number of esters is 2. The van der Waals surface area contributed by atoms with Crippen LogP contribution in [-0.4, -0.2) is 69.8 Å². The van der Waals surface area contributed by atoms with E-state index in [0.717, 1.165) is 59.1 Å². The molecule has 0 spiro atoms. The molecular formula is C53H61NO8. The van der Waals surface area contributed by atoms with Crippen LogP contribution in [0.4, 0.5) is 0 Å². The number of benzene rings is 4. The largest absolute Gasteiger partial charge is 0.456 e. The van der Waals surface area contributed by atoms with E-state index in [-0.39, 0.29) is 48.3 Å². The maximum Gasteiger partial charge on any atom is 0.357 e. The number of aromatic nitrogens is 1. The molecule has 2 aliphatic heterocycles. The minimum Gasteiger partial charge on any atom is -0.456 e. The van der Waals surface area contributed by atoms with E-state index in [2.05, 4.69) is 89.9 Å². The van der Waals surface area contributed by atoms with Gasteiger partial charge >= 0.3 is 11.9 Å². The third-order valence-electron chi connectivity index (χ3n) is 12.0. The molecule has 326 valence electrons. The zero-order chi connectivity index (χ0) is 43.3. The molecule has 0 fully saturated rings. The topological polar surface area (TPSA) is 102 Å². The molecule has 4 aromatic carbocycles. The maximum atomic E-state index is 13.7. The number of ether oxygens (including phenoxy) is 6. The molecule has 5 aromatic rings. The fourth-order valence-corrected chi connectivity index (χ4v) is 9.04. The highest BCUT2D eigenvalue weighted by atomic mass is 16.5. The van der Waals surface area contributed by atoms with Crippen molar-refractivity contribution in [3.8, 4) is 0 Å². The van der Waals surface area contributed by atoms with Crippen LogP contribution in [0.15, 0.2) is 103 Å². The Morgan fingerprint density at radius 1 is 0.435 bits per heavy atom. The molecule has 9 heteroatoms. The molecule has 0 saturated heterocycles. The molecule has 0 N–H and O–H groups in total. The van der Waals surface area contributed by atoms with Crippen LogP contribution in [0.1, 0.15) is 154 Å². The number of hydrogen-bond acceptors (Lipinski definition) is 9. The van der Waals surface area contributed by atoms with Crippen molar-refractivity contribution in [3.05, 3.63) is 170 Å². The normalized spacial score (nSPS) is 18.6. The molecule has 3 aliphatic rings. The predicted octanol–water partition coefficient (Wildman–Crippen LogP) is 10.7. The first-order valence-electron chi connectivity index (χ1n) is 22.5. The summed E-state index contributed by atoms with van der Waals surface area (Å²) in [6.45, 7) is 13.0. The number of carbonyl (C=O) groups excluding carboxylic acids is 2. The van der Waals surface area contributed by atoms with Crippen LogP contribution < -0.4 is 0 Å². The Morgan fingerprint density at radius 2 is 0.726 bits per heavy atom. The van der Waals surface area contributed by atoms with Crippen LogP contribution in [0, 0.1) is 0 Å². The summed E-state index contributed by atoms with van der Waals surface area (Å²) in [7, 11) is 0. The average Bonchev–Trinajstić information content (AvgIpc) is 3.30. The molecule has 1 aliphatic carbocycles. The Kier molecular flexibility index (Phi) is 16.1. The molecule has 0 radical (unpaired) electrons. The molecule has 8 rings (SSSR count). The first-order chi connectivity index (χ1) is 30.4. The van der Waals surface area contributed by atoms with Gasteiger partial charge in [0, 0.05) is 76.5 Å². The molecule has 4 unspecified atom stereocenters. The molecular weight excluding hydrogens is 779 g/mol. The molecule has 9 nitrogen and oxygen atoms in total. The summed E-state index contributed by atoms with van der Waals surface area (Å²) in [5.41, 5.74) is 11.0. The van der Waals surface area contributed by atoms with Gasteiger partial charge in [-0.25, -0.2) is 14.6 Å². The Balaban J connectivity index is 1.54. The fourth-order valence-electron chi connectivity index (χ4n) is 9.04. The summed E-state index contributed by atoms with van der Waals surface area (Å²) in [5, 5.41) is 0. The highest BCUT2D eigenvalue weighted by molar-refractivity contribution is 5.91. The van der Waals surface area contributed by atoms with E-state index in [9.17, 15) is 9.59 Å². The van der Waals surface area contributed by atoms with Gasteiger partial charge in [-0.3, -0.25) is 0 Å². The lowest BCUT2D eigenvalue weighted by atomic mass is 9.78. The third-order valence-corrected chi connectivity index (χ3v) is 12.0. The van der Waals surface area contributed by atoms with Gasteiger partial charge in [0.15, 0.2) is 0 Å². The van der Waals surface area contributed by atoms with Gasteiger partial charge in [-0.05, 0) is 121 Å². The van der Waals surface area contributed by atoms with E-state index in [1.807, 2.05) is 27.7 Å². The van der Waals surface area contributed by atoms with Gasteiger partial charge in [-0.15, -0.1) is 0 Å². The quantitative estimate of drug-likeness (QED) is 0.0710. The van der Waals surface area contributed by atoms with Crippen LogP contribution in [-0.2, 0) is 41.6 Å². The maximum absolute atomic E-state index is 13.7. The highest BCUT2D eigenvalue weighted by Crippen LogP contribution is 2.41. The molecule has 62 heavy (non-hydrogen) atoms. The zero-order valence-electron chi connectivity index (χ0n) is 36.7. The first-order valence-corrected chi connectivity index (χ1v) is 22.5. The SMILES string of the molecule is CCOCCC1c2cccc(c2)C(CCOCC)c2cc3cc(c2)C(CCOCC)c2cccc(c2)C(CCOCC)c2cc(cc1c2)COC(=O)c1cccc(n1)C(=O)OC3. The van der Waals surface area contributed by atoms with E-state index in [0.29, 0.717) is 52.9 Å².